The van der Waals surface area contributed by atoms with Crippen LogP contribution in [-0.2, 0) is 6.54 Å². The number of halogens is 1. The molecule has 0 bridgehead atoms. The van der Waals surface area contributed by atoms with Crippen molar-refractivity contribution >= 4 is 33.4 Å². The number of hydrogen-bond acceptors (Lipinski definition) is 3. The molecule has 1 atom stereocenters. The van der Waals surface area contributed by atoms with E-state index in [1.54, 1.807) is 0 Å². The van der Waals surface area contributed by atoms with Crippen molar-refractivity contribution in [1.82, 2.24) is 5.32 Å². The number of hydrogen-bond donors (Lipinski definition) is 1. The van der Waals surface area contributed by atoms with Crippen LogP contribution < -0.4 is 10.2 Å². The highest BCUT2D eigenvalue weighted by molar-refractivity contribution is 9.10. The molecule has 1 aromatic carbocycles. The predicted molar refractivity (Wildman–Crippen MR) is 97.0 cm³/mol. The molecule has 0 aromatic heterocycles. The zero-order chi connectivity index (χ0) is 15.3. The first kappa shape index (κ1) is 17.9. The molecule has 1 N–H and O–H groups in total. The molecule has 20 heavy (non-hydrogen) atoms. The smallest absolute Gasteiger partial charge is 0.0423 e. The zero-order valence-corrected chi connectivity index (χ0v) is 15.9. The maximum atomic E-state index is 3.59. The summed E-state index contributed by atoms with van der Waals surface area (Å²) in [5, 5.41) is 3.58. The van der Waals surface area contributed by atoms with E-state index in [-0.39, 0.29) is 5.54 Å². The third-order valence-corrected chi connectivity index (χ3v) is 4.61. The monoisotopic (exact) mass is 358 g/mol. The Labute approximate surface area is 136 Å². The minimum atomic E-state index is 0.133. The lowest BCUT2D eigenvalue weighted by Gasteiger charge is -2.30. The second-order valence-electron chi connectivity index (χ2n) is 6.29. The van der Waals surface area contributed by atoms with Crippen LogP contribution in [0.1, 0.15) is 33.3 Å². The van der Waals surface area contributed by atoms with E-state index in [0.29, 0.717) is 6.04 Å². The number of nitrogens with zero attached hydrogens (tertiary/aromatic N) is 1. The Morgan fingerprint density at radius 1 is 1.35 bits per heavy atom. The second-order valence-corrected chi connectivity index (χ2v) is 8.12. The molecular formula is C16H27BrN2S. The highest BCUT2D eigenvalue weighted by Gasteiger charge is 2.15. The molecule has 1 aromatic rings. The molecule has 0 fully saturated rings. The molecule has 0 amide bonds. The zero-order valence-electron chi connectivity index (χ0n) is 13.5. The quantitative estimate of drug-likeness (QED) is 0.804. The van der Waals surface area contributed by atoms with Crippen molar-refractivity contribution in [1.29, 1.82) is 0 Å². The summed E-state index contributed by atoms with van der Waals surface area (Å²) in [7, 11) is 2.18. The van der Waals surface area contributed by atoms with Crippen molar-refractivity contribution in [3.8, 4) is 0 Å². The Morgan fingerprint density at radius 2 is 2.00 bits per heavy atom. The lowest BCUT2D eigenvalue weighted by Crippen LogP contribution is -2.36. The van der Waals surface area contributed by atoms with E-state index in [0.717, 1.165) is 16.8 Å². The molecule has 1 unspecified atom stereocenters. The molecule has 1 rings (SSSR count). The number of nitrogens with one attached hydrogen (secondary N) is 1. The van der Waals surface area contributed by atoms with Crippen LogP contribution in [0, 0.1) is 0 Å². The number of benzene rings is 1. The fourth-order valence-corrected chi connectivity index (χ4v) is 3.02. The van der Waals surface area contributed by atoms with Crippen LogP contribution in [0.3, 0.4) is 0 Å². The summed E-state index contributed by atoms with van der Waals surface area (Å²) in [6.45, 7) is 9.77. The van der Waals surface area contributed by atoms with E-state index < -0.39 is 0 Å². The summed E-state index contributed by atoms with van der Waals surface area (Å²) < 4.78 is 1.13. The van der Waals surface area contributed by atoms with Crippen molar-refractivity contribution < 1.29 is 0 Å². The summed E-state index contributed by atoms with van der Waals surface area (Å²) in [6, 6.07) is 7.07. The van der Waals surface area contributed by atoms with E-state index in [9.17, 15) is 0 Å². The molecule has 2 nitrogen and oxygen atoms in total. The van der Waals surface area contributed by atoms with Crippen molar-refractivity contribution in [2.45, 2.75) is 45.8 Å². The van der Waals surface area contributed by atoms with Gasteiger partial charge in [-0.1, -0.05) is 22.0 Å². The van der Waals surface area contributed by atoms with Gasteiger partial charge in [-0.05, 0) is 51.6 Å². The van der Waals surface area contributed by atoms with Gasteiger partial charge >= 0.3 is 0 Å². The summed E-state index contributed by atoms with van der Waals surface area (Å²) in [5.41, 5.74) is 2.78. The van der Waals surface area contributed by atoms with Gasteiger partial charge < -0.3 is 10.2 Å². The van der Waals surface area contributed by atoms with Gasteiger partial charge in [-0.15, -0.1) is 0 Å². The maximum absolute atomic E-state index is 3.59. The lowest BCUT2D eigenvalue weighted by atomic mass is 10.1. The van der Waals surface area contributed by atoms with Crippen LogP contribution in [0.4, 0.5) is 5.69 Å². The maximum Gasteiger partial charge on any atom is 0.0423 e. The van der Waals surface area contributed by atoms with E-state index in [1.165, 1.54) is 11.3 Å². The van der Waals surface area contributed by atoms with E-state index in [4.69, 9.17) is 0 Å². The normalized spacial score (nSPS) is 13.3. The van der Waals surface area contributed by atoms with E-state index in [2.05, 4.69) is 85.3 Å². The second kappa shape index (κ2) is 7.71. The molecule has 0 radical (unpaired) electrons. The number of rotatable bonds is 6. The van der Waals surface area contributed by atoms with Gasteiger partial charge in [0.15, 0.2) is 0 Å². The molecule has 0 aliphatic heterocycles. The first-order valence-electron chi connectivity index (χ1n) is 7.00. The molecule has 4 heteroatoms. The van der Waals surface area contributed by atoms with Gasteiger partial charge in [0.05, 0.1) is 0 Å². The largest absolute Gasteiger partial charge is 0.371 e. The summed E-state index contributed by atoms with van der Waals surface area (Å²) >= 11 is 5.48. The van der Waals surface area contributed by atoms with E-state index >= 15 is 0 Å². The van der Waals surface area contributed by atoms with Gasteiger partial charge in [-0.2, -0.15) is 11.8 Å². The molecule has 0 aliphatic carbocycles. The van der Waals surface area contributed by atoms with Crippen LogP contribution in [0.25, 0.3) is 0 Å². The van der Waals surface area contributed by atoms with Gasteiger partial charge in [0.25, 0.3) is 0 Å². The van der Waals surface area contributed by atoms with Crippen molar-refractivity contribution in [3.63, 3.8) is 0 Å². The summed E-state index contributed by atoms with van der Waals surface area (Å²) in [4.78, 5) is 2.38. The number of anilines is 1. The Kier molecular flexibility index (Phi) is 6.89. The van der Waals surface area contributed by atoms with Gasteiger partial charge in [-0.25, -0.2) is 0 Å². The first-order valence-corrected chi connectivity index (χ1v) is 9.18. The van der Waals surface area contributed by atoms with Crippen LogP contribution in [0.15, 0.2) is 22.7 Å². The van der Waals surface area contributed by atoms with Crippen molar-refractivity contribution in [2.24, 2.45) is 0 Å². The Hall–Kier alpha value is -0.190. The van der Waals surface area contributed by atoms with Crippen LogP contribution in [0.5, 0.6) is 0 Å². The Balaban J connectivity index is 2.95. The molecule has 0 saturated carbocycles. The Bertz CT molecular complexity index is 429. The number of thioether (sulfide) groups is 1. The molecular weight excluding hydrogens is 332 g/mol. The van der Waals surface area contributed by atoms with E-state index in [1.807, 2.05) is 11.8 Å². The van der Waals surface area contributed by atoms with Gasteiger partial charge in [-0.3, -0.25) is 0 Å². The SMILES string of the molecule is CSCC(C)N(C)c1cc(Br)ccc1CNC(C)(C)C. The van der Waals surface area contributed by atoms with Crippen LogP contribution in [-0.4, -0.2) is 30.6 Å². The fourth-order valence-electron chi connectivity index (χ4n) is 1.97. The van der Waals surface area contributed by atoms with Gasteiger partial charge in [0, 0.05) is 41.1 Å². The summed E-state index contributed by atoms with van der Waals surface area (Å²) in [6.07, 6.45) is 2.16. The fraction of sp³-hybridized carbons (Fsp3) is 0.625. The summed E-state index contributed by atoms with van der Waals surface area (Å²) in [5.74, 6) is 1.13. The molecule has 114 valence electrons. The average molecular weight is 359 g/mol. The van der Waals surface area contributed by atoms with Crippen LogP contribution >= 0.6 is 27.7 Å². The first-order chi connectivity index (χ1) is 9.24. The lowest BCUT2D eigenvalue weighted by molar-refractivity contribution is 0.424. The van der Waals surface area contributed by atoms with Gasteiger partial charge in [0.2, 0.25) is 0 Å². The molecule has 0 aliphatic rings. The topological polar surface area (TPSA) is 15.3 Å². The minimum Gasteiger partial charge on any atom is -0.371 e. The third-order valence-electron chi connectivity index (χ3n) is 3.31. The average Bonchev–Trinajstić information content (AvgIpc) is 2.35. The van der Waals surface area contributed by atoms with Crippen molar-refractivity contribution in [2.75, 3.05) is 24.0 Å². The highest BCUT2D eigenvalue weighted by Crippen LogP contribution is 2.27. The highest BCUT2D eigenvalue weighted by atomic mass is 79.9. The predicted octanol–water partition coefficient (Wildman–Crippen LogP) is 4.52. The third kappa shape index (κ3) is 5.66. The van der Waals surface area contributed by atoms with Gasteiger partial charge in [0.1, 0.15) is 0 Å². The Morgan fingerprint density at radius 3 is 2.55 bits per heavy atom. The molecule has 0 spiro atoms. The standard InChI is InChI=1S/C16H27BrN2S/c1-12(11-20-6)19(5)15-9-14(17)8-7-13(15)10-18-16(2,3)4/h7-9,12,18H,10-11H2,1-6H3. The minimum absolute atomic E-state index is 0.133. The molecule has 0 heterocycles. The molecule has 0 saturated heterocycles. The van der Waals surface area contributed by atoms with Crippen LogP contribution in [0.2, 0.25) is 0 Å². The van der Waals surface area contributed by atoms with Crippen molar-refractivity contribution in [3.05, 3.63) is 28.2 Å².